The minimum absolute atomic E-state index is 0.336. The van der Waals surface area contributed by atoms with Gasteiger partial charge in [-0.05, 0) is 13.8 Å². The molecule has 1 fully saturated rings. The van der Waals surface area contributed by atoms with Gasteiger partial charge >= 0.3 is 5.97 Å². The average molecular weight is 182 g/mol. The monoisotopic (exact) mass is 182 g/mol. The van der Waals surface area contributed by atoms with Gasteiger partial charge in [-0.2, -0.15) is 0 Å². The van der Waals surface area contributed by atoms with Crippen LogP contribution in [0, 0.1) is 0 Å². The van der Waals surface area contributed by atoms with Crippen molar-refractivity contribution in [1.29, 1.82) is 0 Å². The molecule has 0 radical (unpaired) electrons. The number of carbonyl (C=O) groups is 1. The van der Waals surface area contributed by atoms with Gasteiger partial charge in [0.05, 0.1) is 0 Å². The molecule has 0 saturated carbocycles. The van der Waals surface area contributed by atoms with Crippen molar-refractivity contribution in [3.63, 3.8) is 0 Å². The number of hydrogen-bond acceptors (Lipinski definition) is 3. The smallest absolute Gasteiger partial charge is 0.328 e. The molecule has 0 aliphatic carbocycles. The molecule has 0 aromatic rings. The Morgan fingerprint density at radius 1 is 1.38 bits per heavy atom. The highest BCUT2D eigenvalue weighted by Crippen LogP contribution is 2.28. The summed E-state index contributed by atoms with van der Waals surface area (Å²) in [4.78, 5) is 15.1. The third-order valence-electron chi connectivity index (χ3n) is 3.09. The zero-order valence-corrected chi connectivity index (χ0v) is 7.95. The fourth-order valence-electron chi connectivity index (χ4n) is 2.14. The second-order valence-electron chi connectivity index (χ2n) is 3.66. The van der Waals surface area contributed by atoms with Gasteiger partial charge in [-0.3, -0.25) is 0 Å². The summed E-state index contributed by atoms with van der Waals surface area (Å²) in [5, 5.41) is 8.97. The van der Waals surface area contributed by atoms with E-state index in [1.807, 2.05) is 11.8 Å². The van der Waals surface area contributed by atoms with Crippen LogP contribution >= 0.6 is 0 Å². The highest BCUT2D eigenvalue weighted by molar-refractivity contribution is 5.74. The standard InChI is InChI=1S/C9H14N2O2/c1-6-7(2)11-4-3-10(6)5-8(11)9(12)13/h8H,3-5H2,1-2H3,(H,12,13). The number of rotatable bonds is 1. The van der Waals surface area contributed by atoms with E-state index in [0.717, 1.165) is 18.8 Å². The summed E-state index contributed by atoms with van der Waals surface area (Å²) in [7, 11) is 0. The highest BCUT2D eigenvalue weighted by atomic mass is 16.4. The number of fused-ring (bicyclic) bond motifs is 2. The number of piperazine rings is 1. The van der Waals surface area contributed by atoms with Crippen molar-refractivity contribution in [2.75, 3.05) is 19.6 Å². The summed E-state index contributed by atoms with van der Waals surface area (Å²) < 4.78 is 0. The molecular weight excluding hydrogens is 168 g/mol. The van der Waals surface area contributed by atoms with Gasteiger partial charge < -0.3 is 14.9 Å². The number of carboxylic acid groups (broad SMARTS) is 1. The lowest BCUT2D eigenvalue weighted by atomic mass is 10.0. The Labute approximate surface area is 77.4 Å². The molecule has 3 heterocycles. The molecule has 1 unspecified atom stereocenters. The average Bonchev–Trinajstić information content (AvgIpc) is 2.12. The third-order valence-corrected chi connectivity index (χ3v) is 3.09. The largest absolute Gasteiger partial charge is 0.480 e. The summed E-state index contributed by atoms with van der Waals surface area (Å²) in [6.45, 7) is 6.50. The number of aliphatic carboxylic acids is 1. The van der Waals surface area contributed by atoms with Crippen LogP contribution in [0.4, 0.5) is 0 Å². The second kappa shape index (κ2) is 2.65. The quantitative estimate of drug-likeness (QED) is 0.634. The molecule has 3 aliphatic rings. The van der Waals surface area contributed by atoms with Crippen LogP contribution < -0.4 is 0 Å². The molecule has 1 N–H and O–H groups in total. The van der Waals surface area contributed by atoms with E-state index in [2.05, 4.69) is 11.8 Å². The van der Waals surface area contributed by atoms with Gasteiger partial charge in [-0.15, -0.1) is 0 Å². The van der Waals surface area contributed by atoms with Gasteiger partial charge in [-0.25, -0.2) is 4.79 Å². The van der Waals surface area contributed by atoms with Crippen molar-refractivity contribution >= 4 is 5.97 Å². The van der Waals surface area contributed by atoms with Crippen molar-refractivity contribution in [3.8, 4) is 0 Å². The Bertz CT molecular complexity index is 285. The van der Waals surface area contributed by atoms with Gasteiger partial charge in [0.2, 0.25) is 0 Å². The summed E-state index contributed by atoms with van der Waals surface area (Å²) >= 11 is 0. The van der Waals surface area contributed by atoms with Crippen molar-refractivity contribution in [3.05, 3.63) is 11.4 Å². The van der Waals surface area contributed by atoms with E-state index in [-0.39, 0.29) is 6.04 Å². The molecule has 0 aromatic carbocycles. The molecule has 1 atom stereocenters. The minimum Gasteiger partial charge on any atom is -0.480 e. The first-order valence-electron chi connectivity index (χ1n) is 4.53. The molecular formula is C9H14N2O2. The number of nitrogens with zero attached hydrogens (tertiary/aromatic N) is 2. The van der Waals surface area contributed by atoms with Crippen LogP contribution in [0.25, 0.3) is 0 Å². The van der Waals surface area contributed by atoms with Gasteiger partial charge in [0, 0.05) is 31.0 Å². The molecule has 4 heteroatoms. The Kier molecular flexibility index (Phi) is 1.71. The van der Waals surface area contributed by atoms with Crippen LogP contribution in [0.3, 0.4) is 0 Å². The topological polar surface area (TPSA) is 43.8 Å². The molecule has 13 heavy (non-hydrogen) atoms. The van der Waals surface area contributed by atoms with E-state index in [1.165, 1.54) is 5.70 Å². The van der Waals surface area contributed by atoms with Crippen molar-refractivity contribution in [2.24, 2.45) is 0 Å². The number of allylic oxidation sites excluding steroid dienone is 2. The summed E-state index contributed by atoms with van der Waals surface area (Å²) in [6, 6.07) is -0.336. The molecule has 4 nitrogen and oxygen atoms in total. The predicted octanol–water partition coefficient (Wildman–Crippen LogP) is 0.322. The van der Waals surface area contributed by atoms with Crippen molar-refractivity contribution < 1.29 is 9.90 Å². The van der Waals surface area contributed by atoms with E-state index in [0.29, 0.717) is 6.54 Å². The normalized spacial score (nSPS) is 27.1. The molecule has 3 aliphatic heterocycles. The first-order valence-corrected chi connectivity index (χ1v) is 4.53. The fourth-order valence-corrected chi connectivity index (χ4v) is 2.14. The van der Waals surface area contributed by atoms with Crippen LogP contribution in [-0.2, 0) is 4.79 Å². The molecule has 2 bridgehead atoms. The first-order chi connectivity index (χ1) is 6.11. The van der Waals surface area contributed by atoms with Crippen LogP contribution in [0.1, 0.15) is 13.8 Å². The van der Waals surface area contributed by atoms with Crippen molar-refractivity contribution in [2.45, 2.75) is 19.9 Å². The molecule has 0 spiro atoms. The van der Waals surface area contributed by atoms with E-state index in [9.17, 15) is 4.79 Å². The highest BCUT2D eigenvalue weighted by Gasteiger charge is 2.37. The Hall–Kier alpha value is -1.19. The summed E-state index contributed by atoms with van der Waals surface area (Å²) in [5.41, 5.74) is 2.34. The summed E-state index contributed by atoms with van der Waals surface area (Å²) in [6.07, 6.45) is 0. The SMILES string of the molecule is CC1=C(C)N2CCN1CC2C(=O)O. The summed E-state index contributed by atoms with van der Waals surface area (Å²) in [5.74, 6) is -0.712. The molecule has 72 valence electrons. The maximum atomic E-state index is 10.9. The lowest BCUT2D eigenvalue weighted by molar-refractivity contribution is -0.145. The lowest BCUT2D eigenvalue weighted by Gasteiger charge is -2.48. The van der Waals surface area contributed by atoms with E-state index < -0.39 is 5.97 Å². The number of hydrogen-bond donors (Lipinski definition) is 1. The first kappa shape index (κ1) is 8.41. The maximum absolute atomic E-state index is 10.9. The van der Waals surface area contributed by atoms with E-state index in [4.69, 9.17) is 5.11 Å². The Balaban J connectivity index is 2.32. The van der Waals surface area contributed by atoms with Crippen LogP contribution in [0.5, 0.6) is 0 Å². The van der Waals surface area contributed by atoms with Crippen LogP contribution in [-0.4, -0.2) is 46.6 Å². The van der Waals surface area contributed by atoms with Crippen LogP contribution in [0.2, 0.25) is 0 Å². The lowest BCUT2D eigenvalue weighted by Crippen LogP contribution is -2.59. The van der Waals surface area contributed by atoms with E-state index in [1.54, 1.807) is 0 Å². The fraction of sp³-hybridized carbons (Fsp3) is 0.667. The number of carboxylic acids is 1. The molecule has 1 saturated heterocycles. The van der Waals surface area contributed by atoms with Gasteiger partial charge in [0.25, 0.3) is 0 Å². The van der Waals surface area contributed by atoms with Gasteiger partial charge in [-0.1, -0.05) is 0 Å². The molecule has 0 aromatic heterocycles. The predicted molar refractivity (Wildman–Crippen MR) is 48.1 cm³/mol. The zero-order chi connectivity index (χ0) is 9.59. The zero-order valence-electron chi connectivity index (χ0n) is 7.95. The van der Waals surface area contributed by atoms with Crippen molar-refractivity contribution in [1.82, 2.24) is 9.80 Å². The molecule has 0 amide bonds. The Morgan fingerprint density at radius 3 is 2.62 bits per heavy atom. The second-order valence-corrected chi connectivity index (χ2v) is 3.66. The maximum Gasteiger partial charge on any atom is 0.328 e. The van der Waals surface area contributed by atoms with Crippen LogP contribution in [0.15, 0.2) is 11.4 Å². The van der Waals surface area contributed by atoms with Gasteiger partial charge in [0.15, 0.2) is 0 Å². The van der Waals surface area contributed by atoms with Gasteiger partial charge in [0.1, 0.15) is 6.04 Å². The Morgan fingerprint density at radius 2 is 2.08 bits per heavy atom. The minimum atomic E-state index is -0.712. The van der Waals surface area contributed by atoms with E-state index >= 15 is 0 Å². The third kappa shape index (κ3) is 1.08. The molecule has 3 rings (SSSR count).